The maximum Gasteiger partial charge on any atom is 0.351 e. The van der Waals surface area contributed by atoms with Gasteiger partial charge in [-0.15, -0.1) is 0 Å². The lowest BCUT2D eigenvalue weighted by Gasteiger charge is -2.19. The van der Waals surface area contributed by atoms with E-state index in [0.29, 0.717) is 11.4 Å². The quantitative estimate of drug-likeness (QED) is 0.503. The Bertz CT molecular complexity index is 914. The summed E-state index contributed by atoms with van der Waals surface area (Å²) in [6.45, 7) is 1.74. The van der Waals surface area contributed by atoms with Gasteiger partial charge in [0.25, 0.3) is 0 Å². The number of hydrogen-bond donors (Lipinski definition) is 1. The van der Waals surface area contributed by atoms with Crippen molar-refractivity contribution in [1.29, 1.82) is 5.26 Å². The van der Waals surface area contributed by atoms with Crippen molar-refractivity contribution in [2.45, 2.75) is 13.0 Å². The Morgan fingerprint density at radius 1 is 1.20 bits per heavy atom. The molecule has 25 heavy (non-hydrogen) atoms. The van der Waals surface area contributed by atoms with Crippen molar-refractivity contribution >= 4 is 34.1 Å². The topological polar surface area (TPSA) is 74.5 Å². The highest BCUT2D eigenvalue weighted by atomic mass is 35.5. The maximum atomic E-state index is 12.5. The van der Waals surface area contributed by atoms with Gasteiger partial charge in [-0.3, -0.25) is 0 Å². The van der Waals surface area contributed by atoms with Crippen molar-refractivity contribution in [3.63, 3.8) is 0 Å². The first-order valence-corrected chi connectivity index (χ1v) is 7.99. The van der Waals surface area contributed by atoms with E-state index in [-0.39, 0.29) is 16.4 Å². The monoisotopic (exact) mass is 351 g/mol. The number of anilines is 1. The lowest BCUT2D eigenvalue weighted by molar-refractivity contribution is -0.143. The largest absolute Gasteiger partial charge is 0.454 e. The van der Waals surface area contributed by atoms with E-state index < -0.39 is 12.1 Å². The molecule has 1 aliphatic rings. The van der Waals surface area contributed by atoms with Gasteiger partial charge in [0.2, 0.25) is 0 Å². The number of rotatable bonds is 3. The van der Waals surface area contributed by atoms with Gasteiger partial charge in [0.1, 0.15) is 17.9 Å². The fourth-order valence-electron chi connectivity index (χ4n) is 2.41. The third-order valence-electron chi connectivity index (χ3n) is 3.71. The number of halogens is 1. The van der Waals surface area contributed by atoms with Crippen molar-refractivity contribution in [2.24, 2.45) is 4.99 Å². The molecule has 124 valence electrons. The van der Waals surface area contributed by atoms with E-state index in [2.05, 4.69) is 10.3 Å². The molecule has 0 saturated heterocycles. The number of carbonyl (C=O) groups excluding carboxylic acids is 1. The number of nitrogens with zero attached hydrogens (tertiary/aromatic N) is 2. The van der Waals surface area contributed by atoms with Crippen LogP contribution in [0.1, 0.15) is 18.6 Å². The predicted octanol–water partition coefficient (Wildman–Crippen LogP) is 4.46. The van der Waals surface area contributed by atoms with Crippen molar-refractivity contribution in [3.8, 4) is 6.07 Å². The average molecular weight is 352 g/mol. The number of carbonyl (C=O) groups is 1. The normalized spacial score (nSPS) is 15.8. The average Bonchev–Trinajstić information content (AvgIpc) is 2.63. The summed E-state index contributed by atoms with van der Waals surface area (Å²) in [4.78, 5) is 16.7. The molecule has 0 fully saturated rings. The Kier molecular flexibility index (Phi) is 4.82. The minimum absolute atomic E-state index is 0.0413. The van der Waals surface area contributed by atoms with Gasteiger partial charge in [0.15, 0.2) is 10.7 Å². The highest BCUT2D eigenvalue weighted by molar-refractivity contribution is 6.70. The number of benzene rings is 2. The number of aliphatic imine (C=N–C) groups is 1. The van der Waals surface area contributed by atoms with Gasteiger partial charge in [-0.2, -0.15) is 5.26 Å². The molecule has 0 bridgehead atoms. The summed E-state index contributed by atoms with van der Waals surface area (Å²) >= 11 is 6.15. The Hall–Kier alpha value is -3.10. The molecule has 1 aliphatic heterocycles. The number of nitrogens with one attached hydrogen (secondary N) is 1. The molecule has 6 heteroatoms. The Morgan fingerprint density at radius 3 is 2.60 bits per heavy atom. The fraction of sp³-hybridized carbons (Fsp3) is 0.105. The van der Waals surface area contributed by atoms with Gasteiger partial charge < -0.3 is 10.1 Å². The standard InChI is InChI=1S/C19H14ClN3O2/c1-12(13-7-3-2-4-8-13)25-19(24)14(11-21)17-18(20)23-16-10-6-5-9-15(16)22-17/h2-10,12,22H,1H3/b17-14-. The van der Waals surface area contributed by atoms with Gasteiger partial charge >= 0.3 is 5.97 Å². The van der Waals surface area contributed by atoms with Crippen LogP contribution in [0.3, 0.4) is 0 Å². The molecule has 3 rings (SSSR count). The first-order chi connectivity index (χ1) is 12.1. The summed E-state index contributed by atoms with van der Waals surface area (Å²) in [5.74, 6) is -0.755. The summed E-state index contributed by atoms with van der Waals surface area (Å²) < 4.78 is 5.41. The molecule has 1 N–H and O–H groups in total. The van der Waals surface area contributed by atoms with E-state index in [1.807, 2.05) is 48.5 Å². The van der Waals surface area contributed by atoms with Gasteiger partial charge in [-0.1, -0.05) is 54.1 Å². The van der Waals surface area contributed by atoms with E-state index in [1.54, 1.807) is 19.1 Å². The highest BCUT2D eigenvalue weighted by Gasteiger charge is 2.25. The van der Waals surface area contributed by atoms with E-state index in [9.17, 15) is 10.1 Å². The molecule has 2 aromatic rings. The first-order valence-electron chi connectivity index (χ1n) is 7.61. The van der Waals surface area contributed by atoms with Crippen molar-refractivity contribution in [1.82, 2.24) is 0 Å². The molecular formula is C19H14ClN3O2. The molecule has 0 saturated carbocycles. The summed E-state index contributed by atoms with van der Waals surface area (Å²) in [5, 5.41) is 12.5. The lowest BCUT2D eigenvalue weighted by atomic mass is 10.1. The molecule has 1 unspecified atom stereocenters. The SMILES string of the molecule is CC(OC(=O)/C(C#N)=C1\Nc2ccccc2N=C1Cl)c1ccccc1. The summed E-state index contributed by atoms with van der Waals surface area (Å²) in [6.07, 6.45) is -0.496. The molecule has 0 amide bonds. The maximum absolute atomic E-state index is 12.5. The molecule has 2 aromatic carbocycles. The van der Waals surface area contributed by atoms with Crippen LogP contribution in [-0.2, 0) is 9.53 Å². The molecule has 0 spiro atoms. The van der Waals surface area contributed by atoms with Crippen LogP contribution in [0.5, 0.6) is 0 Å². The molecule has 1 atom stereocenters. The highest BCUT2D eigenvalue weighted by Crippen LogP contribution is 2.33. The Balaban J connectivity index is 1.88. The number of allylic oxidation sites excluding steroid dienone is 1. The molecule has 0 aliphatic carbocycles. The van der Waals surface area contributed by atoms with E-state index in [1.165, 1.54) is 0 Å². The van der Waals surface area contributed by atoms with Crippen molar-refractivity contribution in [3.05, 3.63) is 71.4 Å². The zero-order valence-corrected chi connectivity index (χ0v) is 14.1. The zero-order chi connectivity index (χ0) is 17.8. The van der Waals surface area contributed by atoms with Gasteiger partial charge in [0.05, 0.1) is 11.4 Å². The van der Waals surface area contributed by atoms with E-state index >= 15 is 0 Å². The fourth-order valence-corrected chi connectivity index (χ4v) is 2.64. The Labute approximate surface area is 150 Å². The second kappa shape index (κ2) is 7.20. The minimum Gasteiger partial charge on any atom is -0.454 e. The zero-order valence-electron chi connectivity index (χ0n) is 13.4. The van der Waals surface area contributed by atoms with Crippen LogP contribution in [-0.4, -0.2) is 11.1 Å². The van der Waals surface area contributed by atoms with Crippen LogP contribution in [0.2, 0.25) is 0 Å². The van der Waals surface area contributed by atoms with Crippen molar-refractivity contribution in [2.75, 3.05) is 5.32 Å². The smallest absolute Gasteiger partial charge is 0.351 e. The molecule has 0 aromatic heterocycles. The van der Waals surface area contributed by atoms with Gasteiger partial charge in [0, 0.05) is 0 Å². The summed E-state index contributed by atoms with van der Waals surface area (Å²) in [7, 11) is 0. The Morgan fingerprint density at radius 2 is 1.88 bits per heavy atom. The van der Waals surface area contributed by atoms with Gasteiger partial charge in [-0.25, -0.2) is 9.79 Å². The van der Waals surface area contributed by atoms with Crippen LogP contribution < -0.4 is 5.32 Å². The van der Waals surface area contributed by atoms with E-state index in [4.69, 9.17) is 16.3 Å². The number of esters is 1. The number of fused-ring (bicyclic) bond motifs is 1. The van der Waals surface area contributed by atoms with Crippen LogP contribution >= 0.6 is 11.6 Å². The van der Waals surface area contributed by atoms with Crippen LogP contribution in [0.4, 0.5) is 11.4 Å². The minimum atomic E-state index is -0.755. The molecule has 5 nitrogen and oxygen atoms in total. The molecule has 1 heterocycles. The summed E-state index contributed by atoms with van der Waals surface area (Å²) in [5.41, 5.74) is 2.07. The third-order valence-corrected chi connectivity index (χ3v) is 3.98. The molecular weight excluding hydrogens is 338 g/mol. The summed E-state index contributed by atoms with van der Waals surface area (Å²) in [6, 6.07) is 18.4. The van der Waals surface area contributed by atoms with Crippen LogP contribution in [0.15, 0.2) is 70.9 Å². The molecule has 0 radical (unpaired) electrons. The predicted molar refractivity (Wildman–Crippen MR) is 96.6 cm³/mol. The van der Waals surface area contributed by atoms with Crippen LogP contribution in [0.25, 0.3) is 0 Å². The van der Waals surface area contributed by atoms with Crippen molar-refractivity contribution < 1.29 is 9.53 Å². The first kappa shape index (κ1) is 16.7. The number of nitriles is 1. The third kappa shape index (κ3) is 3.54. The van der Waals surface area contributed by atoms with E-state index in [0.717, 1.165) is 5.56 Å². The van der Waals surface area contributed by atoms with Crippen LogP contribution in [0, 0.1) is 11.3 Å². The second-order valence-corrected chi connectivity index (χ2v) is 5.72. The lowest BCUT2D eigenvalue weighted by Crippen LogP contribution is -2.19. The second-order valence-electron chi connectivity index (χ2n) is 5.36. The number of hydrogen-bond acceptors (Lipinski definition) is 5. The number of para-hydroxylation sites is 2. The number of ether oxygens (including phenoxy) is 1. The van der Waals surface area contributed by atoms with Gasteiger partial charge in [-0.05, 0) is 24.6 Å².